The van der Waals surface area contributed by atoms with E-state index in [-0.39, 0.29) is 5.69 Å². The van der Waals surface area contributed by atoms with Crippen molar-refractivity contribution in [3.63, 3.8) is 0 Å². The number of ether oxygens (including phenoxy) is 1. The van der Waals surface area contributed by atoms with Gasteiger partial charge in [-0.05, 0) is 43.0 Å². The normalized spacial score (nSPS) is 10.2. The van der Waals surface area contributed by atoms with Crippen molar-refractivity contribution >= 4 is 29.3 Å². The molecule has 0 radical (unpaired) electrons. The molecule has 0 unspecified atom stereocenters. The van der Waals surface area contributed by atoms with Crippen molar-refractivity contribution in [3.8, 4) is 0 Å². The Kier molecular flexibility index (Phi) is 5.76. The molecule has 2 rings (SSSR count). The van der Waals surface area contributed by atoms with Crippen LogP contribution in [0.2, 0.25) is 0 Å². The number of esters is 1. The lowest BCUT2D eigenvalue weighted by Gasteiger charge is -2.09. The summed E-state index contributed by atoms with van der Waals surface area (Å²) in [5, 5.41) is 2.38. The van der Waals surface area contributed by atoms with Gasteiger partial charge in [-0.15, -0.1) is 11.8 Å². The molecule has 0 aromatic heterocycles. The zero-order chi connectivity index (χ0) is 16.8. The van der Waals surface area contributed by atoms with Crippen LogP contribution in [0.3, 0.4) is 0 Å². The highest BCUT2D eigenvalue weighted by Crippen LogP contribution is 2.20. The average Bonchev–Trinajstić information content (AvgIpc) is 2.55. The van der Waals surface area contributed by atoms with E-state index in [1.807, 2.05) is 12.3 Å². The molecule has 2 aromatic carbocycles. The molecule has 0 spiro atoms. The zero-order valence-corrected chi connectivity index (χ0v) is 13.6. The van der Waals surface area contributed by atoms with E-state index in [0.29, 0.717) is 5.56 Å². The number of halogens is 1. The molecule has 0 saturated carbocycles. The van der Waals surface area contributed by atoms with Gasteiger partial charge in [-0.1, -0.05) is 18.2 Å². The molecule has 0 atom stereocenters. The second kappa shape index (κ2) is 7.78. The first kappa shape index (κ1) is 17.0. The van der Waals surface area contributed by atoms with Gasteiger partial charge in [-0.2, -0.15) is 0 Å². The van der Waals surface area contributed by atoms with Crippen LogP contribution in [-0.4, -0.2) is 24.7 Å². The summed E-state index contributed by atoms with van der Waals surface area (Å²) in [7, 11) is 0. The van der Waals surface area contributed by atoms with Gasteiger partial charge in [0.2, 0.25) is 0 Å². The van der Waals surface area contributed by atoms with Gasteiger partial charge in [0.1, 0.15) is 5.82 Å². The SMILES string of the molecule is CSc1ccccc1C(=O)OCC(=O)Nc1ccc(C)cc1F. The van der Waals surface area contributed by atoms with E-state index in [4.69, 9.17) is 4.74 Å². The second-order valence-electron chi connectivity index (χ2n) is 4.81. The third-order valence-corrected chi connectivity index (χ3v) is 3.86. The maximum Gasteiger partial charge on any atom is 0.339 e. The third-order valence-electron chi connectivity index (χ3n) is 3.06. The first-order chi connectivity index (χ1) is 11.0. The Morgan fingerprint density at radius 2 is 1.96 bits per heavy atom. The number of hydrogen-bond acceptors (Lipinski definition) is 4. The Balaban J connectivity index is 1.95. The average molecular weight is 333 g/mol. The van der Waals surface area contributed by atoms with Gasteiger partial charge < -0.3 is 10.1 Å². The molecular weight excluding hydrogens is 317 g/mol. The summed E-state index contributed by atoms with van der Waals surface area (Å²) in [4.78, 5) is 24.5. The lowest BCUT2D eigenvalue weighted by Crippen LogP contribution is -2.21. The Bertz CT molecular complexity index is 734. The minimum Gasteiger partial charge on any atom is -0.452 e. The molecule has 6 heteroatoms. The van der Waals surface area contributed by atoms with Crippen molar-refractivity contribution in [1.29, 1.82) is 0 Å². The van der Waals surface area contributed by atoms with Gasteiger partial charge >= 0.3 is 5.97 Å². The van der Waals surface area contributed by atoms with Crippen molar-refractivity contribution in [3.05, 3.63) is 59.4 Å². The van der Waals surface area contributed by atoms with Gasteiger partial charge in [0.05, 0.1) is 11.3 Å². The highest BCUT2D eigenvalue weighted by atomic mass is 32.2. The molecular formula is C17H16FNO3S. The zero-order valence-electron chi connectivity index (χ0n) is 12.8. The number of hydrogen-bond donors (Lipinski definition) is 1. The van der Waals surface area contributed by atoms with Crippen LogP contribution >= 0.6 is 11.8 Å². The molecule has 0 aliphatic heterocycles. The first-order valence-electron chi connectivity index (χ1n) is 6.87. The Morgan fingerprint density at radius 3 is 2.65 bits per heavy atom. The van der Waals surface area contributed by atoms with Crippen molar-refractivity contribution < 1.29 is 18.7 Å². The summed E-state index contributed by atoms with van der Waals surface area (Å²) in [5.74, 6) is -1.71. The summed E-state index contributed by atoms with van der Waals surface area (Å²) in [6.45, 7) is 1.27. The number of anilines is 1. The molecule has 23 heavy (non-hydrogen) atoms. The highest BCUT2D eigenvalue weighted by Gasteiger charge is 2.14. The molecule has 0 fully saturated rings. The number of thioether (sulfide) groups is 1. The number of carbonyl (C=O) groups is 2. The van der Waals surface area contributed by atoms with E-state index in [1.54, 1.807) is 31.2 Å². The number of benzene rings is 2. The van der Waals surface area contributed by atoms with Crippen molar-refractivity contribution in [2.24, 2.45) is 0 Å². The minimum absolute atomic E-state index is 0.0566. The second-order valence-corrected chi connectivity index (χ2v) is 5.66. The standard InChI is InChI=1S/C17H16FNO3S/c1-11-7-8-14(13(18)9-11)19-16(20)10-22-17(21)12-5-3-4-6-15(12)23-2/h3-9H,10H2,1-2H3,(H,19,20). The Hall–Kier alpha value is -2.34. The van der Waals surface area contributed by atoms with Crippen LogP contribution < -0.4 is 5.32 Å². The molecule has 1 N–H and O–H groups in total. The number of nitrogens with one attached hydrogen (secondary N) is 1. The van der Waals surface area contributed by atoms with Crippen LogP contribution in [0.1, 0.15) is 15.9 Å². The maximum absolute atomic E-state index is 13.6. The van der Waals surface area contributed by atoms with Gasteiger partial charge in [0.25, 0.3) is 5.91 Å². The van der Waals surface area contributed by atoms with E-state index in [9.17, 15) is 14.0 Å². The minimum atomic E-state index is -0.595. The fraction of sp³-hybridized carbons (Fsp3) is 0.176. The molecule has 1 amide bonds. The van der Waals surface area contributed by atoms with Crippen LogP contribution in [0.25, 0.3) is 0 Å². The van der Waals surface area contributed by atoms with Crippen molar-refractivity contribution in [2.45, 2.75) is 11.8 Å². The molecule has 0 heterocycles. The summed E-state index contributed by atoms with van der Waals surface area (Å²) in [6.07, 6.45) is 1.85. The van der Waals surface area contributed by atoms with Gasteiger partial charge in [-0.25, -0.2) is 9.18 Å². The number of aryl methyl sites for hydroxylation is 1. The summed E-state index contributed by atoms with van der Waals surface area (Å²) < 4.78 is 18.6. The smallest absolute Gasteiger partial charge is 0.339 e. The van der Waals surface area contributed by atoms with E-state index < -0.39 is 24.3 Å². The fourth-order valence-electron chi connectivity index (χ4n) is 1.93. The Morgan fingerprint density at radius 1 is 1.22 bits per heavy atom. The van der Waals surface area contributed by atoms with Gasteiger partial charge in [0.15, 0.2) is 6.61 Å². The van der Waals surface area contributed by atoms with Gasteiger partial charge in [-0.3, -0.25) is 4.79 Å². The molecule has 4 nitrogen and oxygen atoms in total. The number of rotatable bonds is 5. The monoisotopic (exact) mass is 333 g/mol. The topological polar surface area (TPSA) is 55.4 Å². The van der Waals surface area contributed by atoms with Crippen molar-refractivity contribution in [1.82, 2.24) is 0 Å². The van der Waals surface area contributed by atoms with E-state index in [0.717, 1.165) is 10.5 Å². The van der Waals surface area contributed by atoms with Crippen LogP contribution in [-0.2, 0) is 9.53 Å². The molecule has 0 aliphatic carbocycles. The molecule has 0 aliphatic rings. The predicted octanol–water partition coefficient (Wildman–Crippen LogP) is 3.65. The van der Waals surface area contributed by atoms with E-state index >= 15 is 0 Å². The summed E-state index contributed by atoms with van der Waals surface area (Å²) >= 11 is 1.41. The molecule has 120 valence electrons. The third kappa shape index (κ3) is 4.56. The lowest BCUT2D eigenvalue weighted by atomic mass is 10.2. The largest absolute Gasteiger partial charge is 0.452 e. The van der Waals surface area contributed by atoms with E-state index in [1.165, 1.54) is 23.9 Å². The lowest BCUT2D eigenvalue weighted by molar-refractivity contribution is -0.119. The molecule has 0 bridgehead atoms. The fourth-order valence-corrected chi connectivity index (χ4v) is 2.52. The summed E-state index contributed by atoms with van der Waals surface area (Å²) in [5.41, 5.74) is 1.20. The number of carbonyl (C=O) groups excluding carboxylic acids is 2. The molecule has 0 saturated heterocycles. The first-order valence-corrected chi connectivity index (χ1v) is 8.10. The summed E-state index contributed by atoms with van der Waals surface area (Å²) in [6, 6.07) is 11.4. The van der Waals surface area contributed by atoms with Crippen LogP contribution in [0.15, 0.2) is 47.4 Å². The van der Waals surface area contributed by atoms with Crippen LogP contribution in [0.4, 0.5) is 10.1 Å². The number of amides is 1. The van der Waals surface area contributed by atoms with Crippen LogP contribution in [0.5, 0.6) is 0 Å². The molecule has 2 aromatic rings. The van der Waals surface area contributed by atoms with Crippen LogP contribution in [0, 0.1) is 12.7 Å². The quantitative estimate of drug-likeness (QED) is 0.670. The van der Waals surface area contributed by atoms with E-state index in [2.05, 4.69) is 5.32 Å². The van der Waals surface area contributed by atoms with Gasteiger partial charge in [0, 0.05) is 4.90 Å². The predicted molar refractivity (Wildman–Crippen MR) is 88.3 cm³/mol. The Labute approximate surface area is 138 Å². The maximum atomic E-state index is 13.6. The highest BCUT2D eigenvalue weighted by molar-refractivity contribution is 7.98. The van der Waals surface area contributed by atoms with Crippen molar-refractivity contribution in [2.75, 3.05) is 18.2 Å².